The number of benzene rings is 3. The summed E-state index contributed by atoms with van der Waals surface area (Å²) in [7, 11) is 5.68. The zero-order valence-electron chi connectivity index (χ0n) is 36.1. The number of rotatable bonds is 12. The number of imidazole rings is 2. The molecule has 1 unspecified atom stereocenters. The number of H-pyrrole nitrogens is 2. The van der Waals surface area contributed by atoms with Crippen molar-refractivity contribution in [3.05, 3.63) is 65.9 Å². The van der Waals surface area contributed by atoms with E-state index >= 15 is 0 Å². The molecule has 3 aromatic carbocycles. The van der Waals surface area contributed by atoms with Crippen LogP contribution in [0.2, 0.25) is 0 Å². The number of methoxy groups -OCH3 is 4. The third kappa shape index (κ3) is 8.01. The summed E-state index contributed by atoms with van der Waals surface area (Å²) in [6.07, 6.45) is 2.04. The number of hydrogen-bond donors (Lipinski definition) is 4. The van der Waals surface area contributed by atoms with Gasteiger partial charge in [-0.25, -0.2) is 19.6 Å². The summed E-state index contributed by atoms with van der Waals surface area (Å²) < 4.78 is 27.0. The predicted molar refractivity (Wildman–Crippen MR) is 229 cm³/mol. The summed E-state index contributed by atoms with van der Waals surface area (Å²) >= 11 is 0. The molecule has 2 aromatic heterocycles. The number of hydrogen-bond acceptors (Lipinski definition) is 11. The van der Waals surface area contributed by atoms with Crippen LogP contribution in [0.5, 0.6) is 5.75 Å². The van der Waals surface area contributed by atoms with Crippen molar-refractivity contribution < 1.29 is 42.9 Å². The summed E-state index contributed by atoms with van der Waals surface area (Å²) in [4.78, 5) is 72.4. The molecule has 5 heterocycles. The monoisotopic (exact) mass is 850 g/mol. The quantitative estimate of drug-likeness (QED) is 0.115. The van der Waals surface area contributed by atoms with Gasteiger partial charge in [0.05, 0.1) is 61.9 Å². The molecule has 4 amide bonds. The molecule has 0 spiro atoms. The number of nitrogens with zero attached hydrogens (tertiary/aromatic N) is 4. The molecule has 0 aliphatic carbocycles. The molecule has 5 aromatic rings. The number of fused-ring (bicyclic) bond motifs is 6. The molecule has 328 valence electrons. The Balaban J connectivity index is 1.05. The van der Waals surface area contributed by atoms with Gasteiger partial charge in [-0.3, -0.25) is 9.59 Å². The lowest BCUT2D eigenvalue weighted by atomic mass is 9.92. The van der Waals surface area contributed by atoms with Gasteiger partial charge in [0, 0.05) is 44.2 Å². The van der Waals surface area contributed by atoms with Crippen LogP contribution in [-0.2, 0) is 35.1 Å². The standard InChI is InChI=1S/C45H54N8O9/c1-23(2)37(50-44(56)60-6)42(54)52-14-8-9-34(52)40-46-19-33(48-40)27-10-12-29-28(16-27)22-62-36-18-30-26(17-31(29)36)11-13-32-39(30)49-41(47-32)35-15-25(21-58-4)20-53(35)43(55)38(24(3)59-5)51-45(57)61-7/h10-13,16-19,23-25,34-35,37-38H,8-9,14-15,20-22H2,1-7H3,(H,46,48)(H,47,49)(H,50,56)(H,51,57)/t24-,25+,34+,35+,37+,38?/m1/s1. The van der Waals surface area contributed by atoms with Crippen LogP contribution in [0.15, 0.2) is 48.7 Å². The minimum atomic E-state index is -0.969. The van der Waals surface area contributed by atoms with Crippen LogP contribution < -0.4 is 15.4 Å². The summed E-state index contributed by atoms with van der Waals surface area (Å²) in [5.74, 6) is 1.57. The first-order valence-electron chi connectivity index (χ1n) is 21.0. The number of ether oxygens (including phenoxy) is 5. The molecule has 0 bridgehead atoms. The molecule has 3 aliphatic rings. The van der Waals surface area contributed by atoms with Crippen LogP contribution in [0.1, 0.15) is 69.3 Å². The lowest BCUT2D eigenvalue weighted by Gasteiger charge is -2.30. The second kappa shape index (κ2) is 17.6. The van der Waals surface area contributed by atoms with Crippen molar-refractivity contribution >= 4 is 45.8 Å². The van der Waals surface area contributed by atoms with E-state index in [0.29, 0.717) is 44.4 Å². The summed E-state index contributed by atoms with van der Waals surface area (Å²) in [6, 6.07) is 12.2. The molecular formula is C45H54N8O9. The van der Waals surface area contributed by atoms with Gasteiger partial charge in [0.2, 0.25) is 11.8 Å². The molecule has 17 nitrogen and oxygen atoms in total. The average molecular weight is 851 g/mol. The second-order valence-corrected chi connectivity index (χ2v) is 16.7. The van der Waals surface area contributed by atoms with Gasteiger partial charge in [-0.15, -0.1) is 0 Å². The largest absolute Gasteiger partial charge is 0.488 e. The highest BCUT2D eigenvalue weighted by atomic mass is 16.5. The van der Waals surface area contributed by atoms with E-state index in [1.807, 2.05) is 32.0 Å². The van der Waals surface area contributed by atoms with Crippen molar-refractivity contribution in [1.29, 1.82) is 0 Å². The number of nitrogens with one attached hydrogen (secondary N) is 4. The van der Waals surface area contributed by atoms with E-state index in [2.05, 4.69) is 44.9 Å². The van der Waals surface area contributed by atoms with E-state index < -0.39 is 36.4 Å². The van der Waals surface area contributed by atoms with Crippen LogP contribution >= 0.6 is 0 Å². The van der Waals surface area contributed by atoms with E-state index in [0.717, 1.165) is 68.3 Å². The molecule has 3 aliphatic heterocycles. The first-order chi connectivity index (χ1) is 29.9. The molecule has 0 saturated carbocycles. The summed E-state index contributed by atoms with van der Waals surface area (Å²) in [6.45, 7) is 7.35. The zero-order valence-corrected chi connectivity index (χ0v) is 36.1. The molecule has 62 heavy (non-hydrogen) atoms. The number of aromatic nitrogens is 4. The van der Waals surface area contributed by atoms with Gasteiger partial charge in [-0.2, -0.15) is 0 Å². The van der Waals surface area contributed by atoms with E-state index in [9.17, 15) is 19.2 Å². The number of carbonyl (C=O) groups is 4. The molecule has 2 saturated heterocycles. The predicted octanol–water partition coefficient (Wildman–Crippen LogP) is 6.01. The molecular weight excluding hydrogens is 797 g/mol. The Bertz CT molecular complexity index is 2500. The average Bonchev–Trinajstić information content (AvgIpc) is 4.12. The Morgan fingerprint density at radius 2 is 1.63 bits per heavy atom. The normalized spacial score (nSPS) is 19.8. The lowest BCUT2D eigenvalue weighted by Crippen LogP contribution is -2.54. The van der Waals surface area contributed by atoms with Crippen LogP contribution in [-0.4, -0.2) is 120 Å². The van der Waals surface area contributed by atoms with Crippen LogP contribution in [0.3, 0.4) is 0 Å². The van der Waals surface area contributed by atoms with Gasteiger partial charge < -0.3 is 54.1 Å². The number of amides is 4. The molecule has 0 radical (unpaired) electrons. The van der Waals surface area contributed by atoms with Crippen molar-refractivity contribution in [3.63, 3.8) is 0 Å². The highest BCUT2D eigenvalue weighted by Crippen LogP contribution is 2.44. The molecule has 2 fully saturated rings. The highest BCUT2D eigenvalue weighted by Gasteiger charge is 2.43. The Kier molecular flexibility index (Phi) is 12.1. The fraction of sp³-hybridized carbons (Fsp3) is 0.467. The van der Waals surface area contributed by atoms with Gasteiger partial charge in [0.25, 0.3) is 0 Å². The Morgan fingerprint density at radius 3 is 2.35 bits per heavy atom. The van der Waals surface area contributed by atoms with Gasteiger partial charge in [0.15, 0.2) is 0 Å². The Morgan fingerprint density at radius 1 is 0.871 bits per heavy atom. The molecule has 4 N–H and O–H groups in total. The summed E-state index contributed by atoms with van der Waals surface area (Å²) in [5, 5.41) is 7.29. The van der Waals surface area contributed by atoms with Crippen molar-refractivity contribution in [2.24, 2.45) is 11.8 Å². The first kappa shape index (κ1) is 42.5. The first-order valence-corrected chi connectivity index (χ1v) is 21.0. The van der Waals surface area contributed by atoms with Crippen molar-refractivity contribution in [2.45, 2.75) is 76.9 Å². The topological polar surface area (TPSA) is 202 Å². The maximum Gasteiger partial charge on any atom is 0.407 e. The lowest BCUT2D eigenvalue weighted by molar-refractivity contribution is -0.138. The third-order valence-electron chi connectivity index (χ3n) is 12.5. The van der Waals surface area contributed by atoms with Crippen molar-refractivity contribution in [1.82, 2.24) is 40.4 Å². The van der Waals surface area contributed by atoms with E-state index in [1.54, 1.807) is 30.0 Å². The SMILES string of the molecule is COC[C@H]1C[C@@H](c2nc3ccc4cc5c(cc4c3[nH]2)OCc2cc(-c3cnc([C@@H]4CCCN4C(=O)[C@@H](NC(=O)OC)C(C)C)[nH]3)ccc2-5)N(C(=O)C(NC(=O)OC)[C@@H](C)OC)C1. The van der Waals surface area contributed by atoms with Crippen LogP contribution in [0.4, 0.5) is 9.59 Å². The van der Waals surface area contributed by atoms with Gasteiger partial charge >= 0.3 is 12.2 Å². The van der Waals surface area contributed by atoms with Crippen LogP contribution in [0, 0.1) is 11.8 Å². The molecule has 6 atom stereocenters. The number of carbonyl (C=O) groups excluding carboxylic acids is 4. The van der Waals surface area contributed by atoms with Crippen molar-refractivity contribution in [2.75, 3.05) is 48.1 Å². The van der Waals surface area contributed by atoms with E-state index in [-0.39, 0.29) is 29.7 Å². The van der Waals surface area contributed by atoms with E-state index in [4.69, 9.17) is 33.7 Å². The minimum Gasteiger partial charge on any atom is -0.488 e. The second-order valence-electron chi connectivity index (χ2n) is 16.7. The minimum absolute atomic E-state index is 0.0565. The number of alkyl carbamates (subject to hydrolysis) is 2. The Labute approximate surface area is 359 Å². The summed E-state index contributed by atoms with van der Waals surface area (Å²) in [5.41, 5.74) is 6.43. The maximum atomic E-state index is 14.1. The Hall–Kier alpha value is -6.20. The number of aromatic amines is 2. The zero-order chi connectivity index (χ0) is 43.8. The van der Waals surface area contributed by atoms with Crippen molar-refractivity contribution in [3.8, 4) is 28.1 Å². The molecule has 17 heteroatoms. The van der Waals surface area contributed by atoms with Crippen LogP contribution in [0.25, 0.3) is 44.2 Å². The smallest absolute Gasteiger partial charge is 0.407 e. The fourth-order valence-electron chi connectivity index (χ4n) is 9.15. The number of likely N-dealkylation sites (tertiary alicyclic amines) is 2. The van der Waals surface area contributed by atoms with Gasteiger partial charge in [0.1, 0.15) is 36.1 Å². The van der Waals surface area contributed by atoms with E-state index in [1.165, 1.54) is 21.3 Å². The molecule has 8 rings (SSSR count). The highest BCUT2D eigenvalue weighted by molar-refractivity contribution is 6.07. The fourth-order valence-corrected chi connectivity index (χ4v) is 9.15. The van der Waals surface area contributed by atoms with Gasteiger partial charge in [-0.05, 0) is 78.4 Å². The van der Waals surface area contributed by atoms with Gasteiger partial charge in [-0.1, -0.05) is 32.0 Å². The third-order valence-corrected chi connectivity index (χ3v) is 12.5. The maximum absolute atomic E-state index is 14.1.